The molecule has 0 aliphatic carbocycles. The van der Waals surface area contributed by atoms with Crippen LogP contribution >= 0.6 is 12.2 Å². The van der Waals surface area contributed by atoms with Crippen molar-refractivity contribution in [2.75, 3.05) is 17.8 Å². The number of benzene rings is 1. The summed E-state index contributed by atoms with van der Waals surface area (Å²) in [6.45, 7) is 3.24. The molecule has 3 N–H and O–H groups in total. The van der Waals surface area contributed by atoms with Crippen molar-refractivity contribution in [1.29, 1.82) is 0 Å². The van der Waals surface area contributed by atoms with E-state index in [0.29, 0.717) is 36.1 Å². The molecule has 0 aromatic heterocycles. The molecule has 0 saturated carbocycles. The maximum absolute atomic E-state index is 12.3. The lowest BCUT2D eigenvalue weighted by molar-refractivity contribution is 0.282. The summed E-state index contributed by atoms with van der Waals surface area (Å²) in [5, 5.41) is 0. The van der Waals surface area contributed by atoms with E-state index in [-0.39, 0.29) is 0 Å². The first-order valence-electron chi connectivity index (χ1n) is 7.02. The van der Waals surface area contributed by atoms with E-state index in [9.17, 15) is 8.42 Å². The van der Waals surface area contributed by atoms with Gasteiger partial charge in [-0.3, -0.25) is 4.72 Å². The van der Waals surface area contributed by atoms with Gasteiger partial charge in [0.25, 0.3) is 0 Å². The van der Waals surface area contributed by atoms with E-state index in [2.05, 4.69) is 11.6 Å². The van der Waals surface area contributed by atoms with Gasteiger partial charge in [0, 0.05) is 25.2 Å². The number of hydrogen-bond donors (Lipinski definition) is 2. The second-order valence-corrected chi connectivity index (χ2v) is 7.75. The van der Waals surface area contributed by atoms with Crippen LogP contribution in [0.1, 0.15) is 25.3 Å². The zero-order valence-corrected chi connectivity index (χ0v) is 13.7. The number of nitrogens with one attached hydrogen (secondary N) is 1. The maximum Gasteiger partial charge on any atom is 0.301 e. The molecule has 0 radical (unpaired) electrons. The summed E-state index contributed by atoms with van der Waals surface area (Å²) in [7, 11) is -3.47. The molecule has 1 saturated heterocycles. The Hall–Kier alpha value is -1.18. The van der Waals surface area contributed by atoms with Crippen molar-refractivity contribution >= 4 is 33.1 Å². The van der Waals surface area contributed by atoms with Crippen molar-refractivity contribution in [3.63, 3.8) is 0 Å². The standard InChI is InChI=1S/C14H21N3O2S2/c1-11-3-2-8-17(10-11)21(18,19)16-13-6-4-12(5-7-13)9-14(15)20/h4-7,11,16H,2-3,8-10H2,1H3,(H2,15,20). The average molecular weight is 327 g/mol. The summed E-state index contributed by atoms with van der Waals surface area (Å²) in [4.78, 5) is 0.422. The monoisotopic (exact) mass is 327 g/mol. The third kappa shape index (κ3) is 4.66. The van der Waals surface area contributed by atoms with Crippen LogP contribution in [0.15, 0.2) is 24.3 Å². The second kappa shape index (κ2) is 6.72. The van der Waals surface area contributed by atoms with E-state index in [1.165, 1.54) is 4.31 Å². The molecular weight excluding hydrogens is 306 g/mol. The van der Waals surface area contributed by atoms with Crippen LogP contribution in [0.5, 0.6) is 0 Å². The Morgan fingerprint density at radius 1 is 1.43 bits per heavy atom. The number of hydrogen-bond acceptors (Lipinski definition) is 3. The van der Waals surface area contributed by atoms with Crippen LogP contribution in [0.4, 0.5) is 5.69 Å². The summed E-state index contributed by atoms with van der Waals surface area (Å²) in [6.07, 6.45) is 2.51. The Morgan fingerprint density at radius 2 is 2.10 bits per heavy atom. The van der Waals surface area contributed by atoms with E-state index in [1.807, 2.05) is 12.1 Å². The van der Waals surface area contributed by atoms with Crippen LogP contribution < -0.4 is 10.5 Å². The quantitative estimate of drug-likeness (QED) is 0.810. The number of nitrogens with zero attached hydrogens (tertiary/aromatic N) is 1. The largest absolute Gasteiger partial charge is 0.393 e. The molecule has 5 nitrogen and oxygen atoms in total. The van der Waals surface area contributed by atoms with Crippen LogP contribution in [0.2, 0.25) is 0 Å². The molecule has 1 aliphatic rings. The Morgan fingerprint density at radius 3 is 2.67 bits per heavy atom. The molecule has 2 rings (SSSR count). The highest BCUT2D eigenvalue weighted by Crippen LogP contribution is 2.20. The first kappa shape index (κ1) is 16.2. The van der Waals surface area contributed by atoms with Gasteiger partial charge in [0.05, 0.1) is 4.99 Å². The lowest BCUT2D eigenvalue weighted by Gasteiger charge is -2.30. The van der Waals surface area contributed by atoms with Gasteiger partial charge in [0.1, 0.15) is 0 Å². The molecule has 0 amide bonds. The average Bonchev–Trinajstić information content (AvgIpc) is 2.40. The van der Waals surface area contributed by atoms with Gasteiger partial charge < -0.3 is 5.73 Å². The Kier molecular flexibility index (Phi) is 5.18. The highest BCUT2D eigenvalue weighted by Gasteiger charge is 2.26. The van der Waals surface area contributed by atoms with E-state index < -0.39 is 10.2 Å². The molecule has 7 heteroatoms. The van der Waals surface area contributed by atoms with Crippen LogP contribution in [0.3, 0.4) is 0 Å². The van der Waals surface area contributed by atoms with Crippen LogP contribution in [-0.2, 0) is 16.6 Å². The van der Waals surface area contributed by atoms with Gasteiger partial charge in [-0.15, -0.1) is 0 Å². The summed E-state index contributed by atoms with van der Waals surface area (Å²) in [6, 6.07) is 7.13. The Labute approximate surface area is 131 Å². The SMILES string of the molecule is CC1CCCN(S(=O)(=O)Nc2ccc(CC(N)=S)cc2)C1. The number of thiocarbonyl (C=S) groups is 1. The Bertz CT molecular complexity index is 599. The summed E-state index contributed by atoms with van der Waals surface area (Å²) in [5.41, 5.74) is 7.01. The topological polar surface area (TPSA) is 75.4 Å². The molecule has 116 valence electrons. The molecule has 0 bridgehead atoms. The van der Waals surface area contributed by atoms with Gasteiger partial charge in [0.2, 0.25) is 0 Å². The molecule has 1 atom stereocenters. The molecule has 1 aromatic rings. The van der Waals surface area contributed by atoms with Crippen molar-refractivity contribution in [3.05, 3.63) is 29.8 Å². The van der Waals surface area contributed by atoms with Crippen molar-refractivity contribution in [3.8, 4) is 0 Å². The van der Waals surface area contributed by atoms with Gasteiger partial charge in [-0.2, -0.15) is 12.7 Å². The fraction of sp³-hybridized carbons (Fsp3) is 0.500. The summed E-state index contributed by atoms with van der Waals surface area (Å²) in [5.74, 6) is 0.406. The fourth-order valence-electron chi connectivity index (χ4n) is 2.47. The zero-order chi connectivity index (χ0) is 15.5. The highest BCUT2D eigenvalue weighted by molar-refractivity contribution is 7.90. The summed E-state index contributed by atoms with van der Waals surface area (Å²) >= 11 is 4.85. The van der Waals surface area contributed by atoms with Gasteiger partial charge >= 0.3 is 10.2 Å². The predicted octanol–water partition coefficient (Wildman–Crippen LogP) is 1.90. The Balaban J connectivity index is 2.04. The van der Waals surface area contributed by atoms with E-state index in [4.69, 9.17) is 18.0 Å². The minimum Gasteiger partial charge on any atom is -0.393 e. The van der Waals surface area contributed by atoms with Crippen molar-refractivity contribution in [2.45, 2.75) is 26.2 Å². The van der Waals surface area contributed by atoms with Crippen molar-refractivity contribution in [2.24, 2.45) is 11.7 Å². The molecule has 1 aromatic carbocycles. The smallest absolute Gasteiger partial charge is 0.301 e. The van der Waals surface area contributed by atoms with Crippen molar-refractivity contribution < 1.29 is 8.42 Å². The molecule has 1 heterocycles. The fourth-order valence-corrected chi connectivity index (χ4v) is 4.02. The van der Waals surface area contributed by atoms with E-state index >= 15 is 0 Å². The van der Waals surface area contributed by atoms with Gasteiger partial charge in [-0.25, -0.2) is 0 Å². The highest BCUT2D eigenvalue weighted by atomic mass is 32.2. The first-order chi connectivity index (χ1) is 9.87. The normalized spacial score (nSPS) is 20.1. The third-order valence-corrected chi connectivity index (χ3v) is 5.19. The van der Waals surface area contributed by atoms with Gasteiger partial charge in [-0.05, 0) is 36.5 Å². The van der Waals surface area contributed by atoms with E-state index in [0.717, 1.165) is 18.4 Å². The predicted molar refractivity (Wildman–Crippen MR) is 89.4 cm³/mol. The first-order valence-corrected chi connectivity index (χ1v) is 8.87. The number of nitrogens with two attached hydrogens (primary N) is 1. The number of anilines is 1. The second-order valence-electron chi connectivity index (χ2n) is 5.55. The number of piperidine rings is 1. The lowest BCUT2D eigenvalue weighted by atomic mass is 10.0. The van der Waals surface area contributed by atoms with Crippen LogP contribution in [0.25, 0.3) is 0 Å². The van der Waals surface area contributed by atoms with Gasteiger partial charge in [-0.1, -0.05) is 31.3 Å². The summed E-state index contributed by atoms with van der Waals surface area (Å²) < 4.78 is 28.8. The molecular formula is C14H21N3O2S2. The van der Waals surface area contributed by atoms with Crippen LogP contribution in [-0.4, -0.2) is 30.8 Å². The maximum atomic E-state index is 12.3. The third-order valence-electron chi connectivity index (χ3n) is 3.54. The molecule has 0 spiro atoms. The number of rotatable bonds is 5. The molecule has 1 unspecified atom stereocenters. The van der Waals surface area contributed by atoms with Crippen molar-refractivity contribution in [1.82, 2.24) is 4.31 Å². The molecule has 1 aliphatic heterocycles. The minimum atomic E-state index is -3.47. The van der Waals surface area contributed by atoms with Crippen LogP contribution in [0, 0.1) is 5.92 Å². The molecule has 21 heavy (non-hydrogen) atoms. The van der Waals surface area contributed by atoms with Gasteiger partial charge in [0.15, 0.2) is 0 Å². The lowest BCUT2D eigenvalue weighted by Crippen LogP contribution is -2.42. The zero-order valence-electron chi connectivity index (χ0n) is 12.1. The van der Waals surface area contributed by atoms with E-state index in [1.54, 1.807) is 12.1 Å². The minimum absolute atomic E-state index is 0.406. The molecule has 1 fully saturated rings.